The normalized spacial score (nSPS) is 9.81. The Bertz CT molecular complexity index is 533. The summed E-state index contributed by atoms with van der Waals surface area (Å²) < 4.78 is 5.05. The quantitative estimate of drug-likeness (QED) is 0.765. The van der Waals surface area contributed by atoms with Gasteiger partial charge in [0.15, 0.2) is 5.75 Å². The molecule has 0 aliphatic carbocycles. The number of hydrogen-bond acceptors (Lipinski definition) is 2. The van der Waals surface area contributed by atoms with E-state index < -0.39 is 0 Å². The van der Waals surface area contributed by atoms with Crippen molar-refractivity contribution in [2.75, 3.05) is 7.11 Å². The van der Waals surface area contributed by atoms with Crippen LogP contribution in [0.2, 0.25) is 0 Å². The zero-order valence-corrected chi connectivity index (χ0v) is 9.01. The molecule has 0 fully saturated rings. The van der Waals surface area contributed by atoms with Crippen LogP contribution in [0.1, 0.15) is 0 Å². The minimum atomic E-state index is -0.0845. The van der Waals surface area contributed by atoms with Crippen molar-refractivity contribution in [1.82, 2.24) is 0 Å². The SMILES string of the molecule is COc1ccccc(-c2ccccc2)c1=O. The Morgan fingerprint density at radius 3 is 2.19 bits per heavy atom. The van der Waals surface area contributed by atoms with E-state index in [1.165, 1.54) is 7.11 Å². The Kier molecular flexibility index (Phi) is 3.01. The van der Waals surface area contributed by atoms with E-state index in [-0.39, 0.29) is 5.43 Å². The Morgan fingerprint density at radius 1 is 0.875 bits per heavy atom. The Balaban J connectivity index is 2.68. The van der Waals surface area contributed by atoms with Gasteiger partial charge in [-0.1, -0.05) is 48.5 Å². The molecule has 0 aliphatic heterocycles. The largest absolute Gasteiger partial charge is 0.493 e. The van der Waals surface area contributed by atoms with Crippen molar-refractivity contribution in [1.29, 1.82) is 0 Å². The average Bonchev–Trinajstić information content (AvgIpc) is 2.52. The van der Waals surface area contributed by atoms with Crippen LogP contribution in [0, 0.1) is 0 Å². The third-order valence-corrected chi connectivity index (χ3v) is 2.39. The van der Waals surface area contributed by atoms with Crippen molar-refractivity contribution in [3.8, 4) is 16.9 Å². The number of ether oxygens (including phenoxy) is 1. The Labute approximate surface area is 94.1 Å². The molecule has 16 heavy (non-hydrogen) atoms. The van der Waals surface area contributed by atoms with E-state index in [0.717, 1.165) is 5.56 Å². The number of benzene rings is 1. The maximum atomic E-state index is 12.1. The smallest absolute Gasteiger partial charge is 0.228 e. The molecule has 2 rings (SSSR count). The van der Waals surface area contributed by atoms with Crippen molar-refractivity contribution < 1.29 is 4.74 Å². The second kappa shape index (κ2) is 4.62. The van der Waals surface area contributed by atoms with Crippen LogP contribution in [0.15, 0.2) is 59.4 Å². The Hall–Kier alpha value is -2.09. The molecule has 0 unspecified atom stereocenters. The van der Waals surface area contributed by atoms with Gasteiger partial charge in [-0.3, -0.25) is 4.79 Å². The van der Waals surface area contributed by atoms with Gasteiger partial charge in [0.2, 0.25) is 5.43 Å². The van der Waals surface area contributed by atoms with E-state index in [1.807, 2.05) is 36.4 Å². The fourth-order valence-electron chi connectivity index (χ4n) is 1.58. The van der Waals surface area contributed by atoms with Gasteiger partial charge < -0.3 is 4.74 Å². The maximum absolute atomic E-state index is 12.1. The summed E-state index contributed by atoms with van der Waals surface area (Å²) in [5.74, 6) is 0.365. The summed E-state index contributed by atoms with van der Waals surface area (Å²) in [7, 11) is 1.51. The Morgan fingerprint density at radius 2 is 1.50 bits per heavy atom. The summed E-state index contributed by atoms with van der Waals surface area (Å²) in [6.45, 7) is 0. The van der Waals surface area contributed by atoms with Crippen molar-refractivity contribution in [3.05, 3.63) is 64.8 Å². The van der Waals surface area contributed by atoms with Gasteiger partial charge in [0.05, 0.1) is 7.11 Å². The van der Waals surface area contributed by atoms with Crippen molar-refractivity contribution >= 4 is 0 Å². The third kappa shape index (κ3) is 1.96. The summed E-state index contributed by atoms with van der Waals surface area (Å²) in [5, 5.41) is 0. The highest BCUT2D eigenvalue weighted by molar-refractivity contribution is 5.64. The molecule has 0 saturated carbocycles. The van der Waals surface area contributed by atoms with Gasteiger partial charge in [-0.15, -0.1) is 0 Å². The molecule has 0 bridgehead atoms. The van der Waals surface area contributed by atoms with Crippen molar-refractivity contribution in [3.63, 3.8) is 0 Å². The summed E-state index contributed by atoms with van der Waals surface area (Å²) in [5.41, 5.74) is 1.48. The highest BCUT2D eigenvalue weighted by Gasteiger charge is 2.04. The first-order valence-corrected chi connectivity index (χ1v) is 5.05. The molecular weight excluding hydrogens is 200 g/mol. The lowest BCUT2D eigenvalue weighted by Gasteiger charge is -1.98. The minimum Gasteiger partial charge on any atom is -0.493 e. The van der Waals surface area contributed by atoms with Crippen molar-refractivity contribution in [2.24, 2.45) is 0 Å². The number of methoxy groups -OCH3 is 1. The van der Waals surface area contributed by atoms with E-state index in [1.54, 1.807) is 18.2 Å². The molecule has 0 aromatic heterocycles. The van der Waals surface area contributed by atoms with Crippen LogP contribution < -0.4 is 10.2 Å². The molecular formula is C14H12O2. The summed E-state index contributed by atoms with van der Waals surface area (Å²) in [6.07, 6.45) is 0. The van der Waals surface area contributed by atoms with Crippen molar-refractivity contribution in [2.45, 2.75) is 0 Å². The van der Waals surface area contributed by atoms with Gasteiger partial charge in [0.25, 0.3) is 0 Å². The molecule has 0 saturated heterocycles. The second-order valence-electron chi connectivity index (χ2n) is 3.40. The molecule has 2 aromatic rings. The molecule has 0 heterocycles. The van der Waals surface area contributed by atoms with E-state index in [0.29, 0.717) is 11.3 Å². The topological polar surface area (TPSA) is 26.3 Å². The van der Waals surface area contributed by atoms with Crippen LogP contribution in [0.4, 0.5) is 0 Å². The molecule has 0 atom stereocenters. The molecule has 0 N–H and O–H groups in total. The van der Waals surface area contributed by atoms with Gasteiger partial charge in [-0.25, -0.2) is 0 Å². The monoisotopic (exact) mass is 212 g/mol. The minimum absolute atomic E-state index is 0.0845. The van der Waals surface area contributed by atoms with Crippen LogP contribution in [0.25, 0.3) is 11.1 Å². The van der Waals surface area contributed by atoms with Gasteiger partial charge in [0, 0.05) is 5.56 Å². The van der Waals surface area contributed by atoms with Gasteiger partial charge >= 0.3 is 0 Å². The lowest BCUT2D eigenvalue weighted by Crippen LogP contribution is -2.04. The molecule has 80 valence electrons. The van der Waals surface area contributed by atoms with Crippen LogP contribution in [0.3, 0.4) is 0 Å². The van der Waals surface area contributed by atoms with Crippen LogP contribution >= 0.6 is 0 Å². The van der Waals surface area contributed by atoms with Gasteiger partial charge in [0.1, 0.15) is 0 Å². The second-order valence-corrected chi connectivity index (χ2v) is 3.40. The maximum Gasteiger partial charge on any atom is 0.228 e. The standard InChI is InChI=1S/C14H12O2/c1-16-13-10-6-5-9-12(14(13)15)11-7-3-2-4-8-11/h2-10H,1H3. The van der Waals surface area contributed by atoms with E-state index in [4.69, 9.17) is 4.74 Å². The fourth-order valence-corrected chi connectivity index (χ4v) is 1.58. The zero-order valence-electron chi connectivity index (χ0n) is 9.01. The first kappa shape index (κ1) is 10.4. The van der Waals surface area contributed by atoms with E-state index >= 15 is 0 Å². The summed E-state index contributed by atoms with van der Waals surface area (Å²) >= 11 is 0. The predicted octanol–water partition coefficient (Wildman–Crippen LogP) is 2.72. The van der Waals surface area contributed by atoms with E-state index in [9.17, 15) is 4.79 Å². The lowest BCUT2D eigenvalue weighted by atomic mass is 10.1. The molecule has 0 radical (unpaired) electrons. The van der Waals surface area contributed by atoms with Crippen LogP contribution in [-0.2, 0) is 0 Å². The third-order valence-electron chi connectivity index (χ3n) is 2.39. The van der Waals surface area contributed by atoms with Gasteiger partial charge in [-0.2, -0.15) is 0 Å². The highest BCUT2D eigenvalue weighted by Crippen LogP contribution is 2.16. The predicted molar refractivity (Wildman–Crippen MR) is 64.7 cm³/mol. The fraction of sp³-hybridized carbons (Fsp3) is 0.0714. The molecule has 2 heteroatoms. The summed E-state index contributed by atoms with van der Waals surface area (Å²) in [6, 6.07) is 16.7. The first-order valence-electron chi connectivity index (χ1n) is 5.05. The van der Waals surface area contributed by atoms with E-state index in [2.05, 4.69) is 0 Å². The molecule has 0 amide bonds. The average molecular weight is 212 g/mol. The number of rotatable bonds is 2. The first-order chi connectivity index (χ1) is 7.83. The summed E-state index contributed by atoms with van der Waals surface area (Å²) in [4.78, 5) is 12.1. The molecule has 2 aromatic carbocycles. The van der Waals surface area contributed by atoms with Gasteiger partial charge in [-0.05, 0) is 11.6 Å². The molecule has 0 spiro atoms. The zero-order chi connectivity index (χ0) is 11.4. The molecule has 2 nitrogen and oxygen atoms in total. The molecule has 0 aliphatic rings. The lowest BCUT2D eigenvalue weighted by molar-refractivity contribution is 0.411. The highest BCUT2D eigenvalue weighted by atomic mass is 16.5. The van der Waals surface area contributed by atoms with Crippen LogP contribution in [-0.4, -0.2) is 7.11 Å². The number of hydrogen-bond donors (Lipinski definition) is 0. The van der Waals surface area contributed by atoms with Crippen LogP contribution in [0.5, 0.6) is 5.75 Å².